The van der Waals surface area contributed by atoms with Crippen molar-refractivity contribution in [2.75, 3.05) is 11.9 Å². The normalized spacial score (nSPS) is 10.2. The summed E-state index contributed by atoms with van der Waals surface area (Å²) in [5.74, 6) is -0.163. The number of carbonyl (C=O) groups excluding carboxylic acids is 1. The molecule has 2 rings (SSSR count). The van der Waals surface area contributed by atoms with Gasteiger partial charge in [0.1, 0.15) is 4.99 Å². The number of thiocarbonyl (C=S) groups is 1. The highest BCUT2D eigenvalue weighted by atomic mass is 35.5. The van der Waals surface area contributed by atoms with Gasteiger partial charge in [-0.2, -0.15) is 0 Å². The van der Waals surface area contributed by atoms with E-state index in [0.717, 1.165) is 5.56 Å². The Morgan fingerprint density at radius 2 is 1.90 bits per heavy atom. The van der Waals surface area contributed by atoms with Crippen LogP contribution < -0.4 is 10.6 Å². The van der Waals surface area contributed by atoms with Crippen LogP contribution in [0.3, 0.4) is 0 Å². The van der Waals surface area contributed by atoms with Gasteiger partial charge >= 0.3 is 0 Å². The zero-order valence-corrected chi connectivity index (χ0v) is 13.3. The van der Waals surface area contributed by atoms with Crippen molar-refractivity contribution in [3.63, 3.8) is 0 Å². The number of anilines is 1. The predicted octanol–water partition coefficient (Wildman–Crippen LogP) is 3.56. The van der Waals surface area contributed by atoms with Gasteiger partial charge in [0.15, 0.2) is 0 Å². The lowest BCUT2D eigenvalue weighted by atomic mass is 10.1. The number of hydrogen-bond donors (Lipinski definition) is 1. The van der Waals surface area contributed by atoms with Crippen molar-refractivity contribution in [3.8, 4) is 0 Å². The van der Waals surface area contributed by atoms with Crippen molar-refractivity contribution in [2.45, 2.75) is 6.92 Å². The van der Waals surface area contributed by atoms with Crippen LogP contribution in [0, 0.1) is 6.92 Å². The lowest BCUT2D eigenvalue weighted by Gasteiger charge is -2.20. The minimum absolute atomic E-state index is 0.163. The van der Waals surface area contributed by atoms with Crippen molar-refractivity contribution in [1.82, 2.24) is 0 Å². The van der Waals surface area contributed by atoms with Crippen LogP contribution in [0.5, 0.6) is 0 Å². The monoisotopic (exact) mass is 318 g/mol. The summed E-state index contributed by atoms with van der Waals surface area (Å²) in [4.78, 5) is 14.4. The number of benzene rings is 2. The lowest BCUT2D eigenvalue weighted by molar-refractivity contribution is 0.0993. The largest absolute Gasteiger partial charge is 0.389 e. The molecule has 5 heteroatoms. The molecule has 21 heavy (non-hydrogen) atoms. The smallest absolute Gasteiger partial charge is 0.258 e. The number of hydrogen-bond acceptors (Lipinski definition) is 2. The van der Waals surface area contributed by atoms with E-state index in [9.17, 15) is 4.79 Å². The first-order valence-corrected chi connectivity index (χ1v) is 7.13. The molecule has 0 unspecified atom stereocenters. The summed E-state index contributed by atoms with van der Waals surface area (Å²) in [5, 5.41) is 0.536. The van der Waals surface area contributed by atoms with E-state index >= 15 is 0 Å². The maximum absolute atomic E-state index is 12.6. The fourth-order valence-corrected chi connectivity index (χ4v) is 2.60. The third-order valence-corrected chi connectivity index (χ3v) is 3.56. The molecule has 2 N–H and O–H groups in total. The molecular formula is C16H15ClN2OS. The first-order valence-electron chi connectivity index (χ1n) is 6.34. The zero-order chi connectivity index (χ0) is 15.6. The van der Waals surface area contributed by atoms with Gasteiger partial charge in [0.05, 0.1) is 5.69 Å². The molecule has 0 aromatic heterocycles. The molecule has 0 aliphatic rings. The highest BCUT2D eigenvalue weighted by Crippen LogP contribution is 2.22. The van der Waals surface area contributed by atoms with Crippen LogP contribution in [0.25, 0.3) is 0 Å². The summed E-state index contributed by atoms with van der Waals surface area (Å²) >= 11 is 11.0. The molecule has 1 amide bonds. The third kappa shape index (κ3) is 3.40. The molecular weight excluding hydrogens is 304 g/mol. The summed E-state index contributed by atoms with van der Waals surface area (Å²) in [6.07, 6.45) is 0. The highest BCUT2D eigenvalue weighted by Gasteiger charge is 2.17. The summed E-state index contributed by atoms with van der Waals surface area (Å²) in [6.45, 7) is 1.89. The third-order valence-electron chi connectivity index (χ3n) is 3.12. The average molecular weight is 319 g/mol. The van der Waals surface area contributed by atoms with E-state index in [4.69, 9.17) is 29.6 Å². The fraction of sp³-hybridized carbons (Fsp3) is 0.125. The molecule has 108 valence electrons. The summed E-state index contributed by atoms with van der Waals surface area (Å²) in [5.41, 5.74) is 8.51. The van der Waals surface area contributed by atoms with E-state index in [1.54, 1.807) is 31.3 Å². The molecule has 0 spiro atoms. The van der Waals surface area contributed by atoms with E-state index < -0.39 is 0 Å². The van der Waals surface area contributed by atoms with Crippen molar-refractivity contribution < 1.29 is 4.79 Å². The maximum atomic E-state index is 12.6. The Balaban J connectivity index is 2.42. The zero-order valence-electron chi connectivity index (χ0n) is 11.8. The number of aryl methyl sites for hydroxylation is 1. The molecule has 0 fully saturated rings. The molecule has 0 aliphatic heterocycles. The molecule has 3 nitrogen and oxygen atoms in total. The second-order valence-electron chi connectivity index (χ2n) is 4.76. The Morgan fingerprint density at radius 1 is 1.24 bits per heavy atom. The molecule has 2 aromatic rings. The molecule has 2 aromatic carbocycles. The number of amides is 1. The standard InChI is InChI=1S/C16H15ClN2OS/c1-10-7-11(9-12(17)8-10)16(20)19(2)14-6-4-3-5-13(14)15(18)21/h3-9H,1-2H3,(H2,18,21). The van der Waals surface area contributed by atoms with E-state index in [-0.39, 0.29) is 10.9 Å². The van der Waals surface area contributed by atoms with Gasteiger partial charge in [-0.15, -0.1) is 0 Å². The summed E-state index contributed by atoms with van der Waals surface area (Å²) in [7, 11) is 1.69. The van der Waals surface area contributed by atoms with Crippen molar-refractivity contribution >= 4 is 40.4 Å². The van der Waals surface area contributed by atoms with Gasteiger partial charge in [0, 0.05) is 23.2 Å². The number of nitrogens with zero attached hydrogens (tertiary/aromatic N) is 1. The average Bonchev–Trinajstić information content (AvgIpc) is 2.44. The second-order valence-corrected chi connectivity index (χ2v) is 5.64. The Kier molecular flexibility index (Phi) is 4.60. The summed E-state index contributed by atoms with van der Waals surface area (Å²) < 4.78 is 0. The van der Waals surface area contributed by atoms with E-state index in [1.807, 2.05) is 25.1 Å². The topological polar surface area (TPSA) is 46.3 Å². The van der Waals surface area contributed by atoms with Crippen LogP contribution in [0.15, 0.2) is 42.5 Å². The second kappa shape index (κ2) is 6.24. The number of carbonyl (C=O) groups is 1. The Labute approximate surface area is 134 Å². The Morgan fingerprint density at radius 3 is 2.52 bits per heavy atom. The predicted molar refractivity (Wildman–Crippen MR) is 91.3 cm³/mol. The van der Waals surface area contributed by atoms with Crippen LogP contribution in [0.1, 0.15) is 21.5 Å². The first kappa shape index (κ1) is 15.5. The first-order chi connectivity index (χ1) is 9.90. The molecule has 0 aliphatic carbocycles. The van der Waals surface area contributed by atoms with Crippen LogP contribution in [-0.4, -0.2) is 17.9 Å². The number of halogens is 1. The molecule has 0 saturated carbocycles. The number of para-hydroxylation sites is 1. The Bertz CT molecular complexity index is 695. The van der Waals surface area contributed by atoms with Crippen molar-refractivity contribution in [2.24, 2.45) is 5.73 Å². The molecule has 0 bridgehead atoms. The minimum Gasteiger partial charge on any atom is -0.389 e. The molecule has 0 saturated heterocycles. The van der Waals surface area contributed by atoms with Gasteiger partial charge in [-0.1, -0.05) is 36.0 Å². The van der Waals surface area contributed by atoms with Crippen LogP contribution in [0.4, 0.5) is 5.69 Å². The van der Waals surface area contributed by atoms with Gasteiger partial charge in [0.25, 0.3) is 5.91 Å². The highest BCUT2D eigenvalue weighted by molar-refractivity contribution is 7.80. The Hall–Kier alpha value is -1.91. The van der Waals surface area contributed by atoms with Gasteiger partial charge in [-0.25, -0.2) is 0 Å². The maximum Gasteiger partial charge on any atom is 0.258 e. The van der Waals surface area contributed by atoms with E-state index in [1.165, 1.54) is 4.90 Å². The number of nitrogens with two attached hydrogens (primary N) is 1. The summed E-state index contributed by atoms with van der Waals surface area (Å²) in [6, 6.07) is 12.5. The molecule has 0 radical (unpaired) electrons. The van der Waals surface area contributed by atoms with Crippen molar-refractivity contribution in [1.29, 1.82) is 0 Å². The van der Waals surface area contributed by atoms with Gasteiger partial charge in [-0.05, 0) is 42.8 Å². The molecule has 0 heterocycles. The van der Waals surface area contributed by atoms with Crippen LogP contribution >= 0.6 is 23.8 Å². The SMILES string of the molecule is Cc1cc(Cl)cc(C(=O)N(C)c2ccccc2C(N)=S)c1. The number of rotatable bonds is 3. The van der Waals surface area contributed by atoms with Crippen molar-refractivity contribution in [3.05, 3.63) is 64.2 Å². The van der Waals surface area contributed by atoms with Gasteiger partial charge in [-0.3, -0.25) is 4.79 Å². The van der Waals surface area contributed by atoms with E-state index in [2.05, 4.69) is 0 Å². The quantitative estimate of drug-likeness (QED) is 0.880. The fourth-order valence-electron chi connectivity index (χ4n) is 2.14. The van der Waals surface area contributed by atoms with Crippen LogP contribution in [0.2, 0.25) is 5.02 Å². The minimum atomic E-state index is -0.163. The lowest BCUT2D eigenvalue weighted by Crippen LogP contribution is -2.28. The molecule has 0 atom stereocenters. The van der Waals surface area contributed by atoms with Crippen LogP contribution in [-0.2, 0) is 0 Å². The van der Waals surface area contributed by atoms with Gasteiger partial charge < -0.3 is 10.6 Å². The van der Waals surface area contributed by atoms with E-state index in [0.29, 0.717) is 21.8 Å². The van der Waals surface area contributed by atoms with Gasteiger partial charge in [0.2, 0.25) is 0 Å².